The average Bonchev–Trinajstić information content (AvgIpc) is 2.37. The molecule has 0 saturated heterocycles. The molecule has 0 aliphatic heterocycles. The van der Waals surface area contributed by atoms with Gasteiger partial charge in [0.2, 0.25) is 0 Å². The highest BCUT2D eigenvalue weighted by Crippen LogP contribution is 2.07. The molecule has 1 aromatic rings. The van der Waals surface area contributed by atoms with Crippen LogP contribution < -0.4 is 0 Å². The summed E-state index contributed by atoms with van der Waals surface area (Å²) in [4.78, 5) is 4.13. The lowest BCUT2D eigenvalue weighted by Gasteiger charge is -1.80. The van der Waals surface area contributed by atoms with E-state index in [1.807, 2.05) is 12.3 Å². The van der Waals surface area contributed by atoms with Gasteiger partial charge in [0.05, 0.1) is 16.9 Å². The van der Waals surface area contributed by atoms with E-state index in [9.17, 15) is 0 Å². The third-order valence-electron chi connectivity index (χ3n) is 1.06. The first-order valence-corrected chi connectivity index (χ1v) is 3.86. The molecule has 0 saturated carbocycles. The van der Waals surface area contributed by atoms with E-state index >= 15 is 0 Å². The number of hydrogen-bond donors (Lipinski definition) is 1. The normalized spacial score (nSPS) is 10.9. The topological polar surface area (TPSA) is 45.5 Å². The maximum Gasteiger partial charge on any atom is 0.0958 e. The summed E-state index contributed by atoms with van der Waals surface area (Å²) in [6.07, 6.45) is 2.26. The molecular weight excluding hydrogens is 148 g/mol. The van der Waals surface area contributed by atoms with Gasteiger partial charge in [0.15, 0.2) is 0 Å². The van der Waals surface area contributed by atoms with Crippen molar-refractivity contribution >= 4 is 17.6 Å². The zero-order valence-corrected chi connectivity index (χ0v) is 6.43. The van der Waals surface area contributed by atoms with Crippen molar-refractivity contribution in [1.29, 1.82) is 0 Å². The highest BCUT2D eigenvalue weighted by atomic mass is 32.1. The van der Waals surface area contributed by atoms with E-state index in [0.29, 0.717) is 0 Å². The molecule has 4 heteroatoms. The Bertz CT molecular complexity index is 231. The molecule has 3 nitrogen and oxygen atoms in total. The molecule has 1 rings (SSSR count). The standard InChI is InChI=1S/C6H8N2OS/c1-2-6-8-5(3-7-9)4-10-6/h3-4,9H,2H2,1H3/b7-3+. The summed E-state index contributed by atoms with van der Waals surface area (Å²) in [7, 11) is 0. The van der Waals surface area contributed by atoms with Crippen molar-refractivity contribution in [3.8, 4) is 0 Å². The van der Waals surface area contributed by atoms with Crippen LogP contribution in [0.4, 0.5) is 0 Å². The van der Waals surface area contributed by atoms with Gasteiger partial charge in [-0.05, 0) is 6.42 Å². The van der Waals surface area contributed by atoms with Crippen LogP contribution in [-0.4, -0.2) is 16.4 Å². The van der Waals surface area contributed by atoms with Crippen molar-refractivity contribution in [2.75, 3.05) is 0 Å². The molecule has 0 amide bonds. The minimum atomic E-state index is 0.726. The van der Waals surface area contributed by atoms with Crippen molar-refractivity contribution in [1.82, 2.24) is 4.98 Å². The zero-order valence-electron chi connectivity index (χ0n) is 5.61. The molecule has 0 spiro atoms. The quantitative estimate of drug-likeness (QED) is 0.401. The monoisotopic (exact) mass is 156 g/mol. The number of hydrogen-bond acceptors (Lipinski definition) is 4. The summed E-state index contributed by atoms with van der Waals surface area (Å²) < 4.78 is 0. The first-order valence-electron chi connectivity index (χ1n) is 2.98. The third-order valence-corrected chi connectivity index (χ3v) is 2.07. The van der Waals surface area contributed by atoms with E-state index in [0.717, 1.165) is 17.1 Å². The zero-order chi connectivity index (χ0) is 7.40. The largest absolute Gasteiger partial charge is 0.411 e. The van der Waals surface area contributed by atoms with Gasteiger partial charge in [-0.25, -0.2) is 4.98 Å². The molecule has 10 heavy (non-hydrogen) atoms. The molecule has 0 aromatic carbocycles. The predicted octanol–water partition coefficient (Wildman–Crippen LogP) is 1.51. The molecule has 0 aliphatic rings. The molecule has 0 radical (unpaired) electrons. The van der Waals surface area contributed by atoms with Gasteiger partial charge in [0.1, 0.15) is 0 Å². The van der Waals surface area contributed by atoms with E-state index in [1.165, 1.54) is 6.21 Å². The second-order valence-corrected chi connectivity index (χ2v) is 2.71. The fourth-order valence-corrected chi connectivity index (χ4v) is 1.30. The summed E-state index contributed by atoms with van der Waals surface area (Å²) in [5, 5.41) is 13.9. The first kappa shape index (κ1) is 7.21. The molecule has 0 fully saturated rings. The average molecular weight is 156 g/mol. The Hall–Kier alpha value is -0.900. The highest BCUT2D eigenvalue weighted by molar-refractivity contribution is 7.09. The molecule has 0 bridgehead atoms. The van der Waals surface area contributed by atoms with E-state index in [4.69, 9.17) is 5.21 Å². The Morgan fingerprint density at radius 3 is 3.20 bits per heavy atom. The maximum atomic E-state index is 8.14. The number of aryl methyl sites for hydroxylation is 1. The number of rotatable bonds is 2. The summed E-state index contributed by atoms with van der Waals surface area (Å²) in [5.41, 5.74) is 0.726. The van der Waals surface area contributed by atoms with Crippen molar-refractivity contribution in [3.05, 3.63) is 16.1 Å². The number of aromatic nitrogens is 1. The smallest absolute Gasteiger partial charge is 0.0958 e. The number of nitrogens with zero attached hydrogens (tertiary/aromatic N) is 2. The summed E-state index contributed by atoms with van der Waals surface area (Å²) in [6.45, 7) is 2.04. The van der Waals surface area contributed by atoms with E-state index in [1.54, 1.807) is 11.3 Å². The van der Waals surface area contributed by atoms with Crippen molar-refractivity contribution in [3.63, 3.8) is 0 Å². The van der Waals surface area contributed by atoms with Crippen LogP contribution in [0.3, 0.4) is 0 Å². The highest BCUT2D eigenvalue weighted by Gasteiger charge is 1.95. The Kier molecular flexibility index (Phi) is 2.39. The van der Waals surface area contributed by atoms with Crippen LogP contribution in [0.25, 0.3) is 0 Å². The minimum Gasteiger partial charge on any atom is -0.411 e. The van der Waals surface area contributed by atoms with Gasteiger partial charge >= 0.3 is 0 Å². The Morgan fingerprint density at radius 2 is 2.70 bits per heavy atom. The molecule has 0 atom stereocenters. The van der Waals surface area contributed by atoms with Crippen LogP contribution in [0.5, 0.6) is 0 Å². The first-order chi connectivity index (χ1) is 4.86. The Balaban J connectivity index is 2.78. The number of oxime groups is 1. The third kappa shape index (κ3) is 1.54. The van der Waals surface area contributed by atoms with Gasteiger partial charge in [0, 0.05) is 5.38 Å². The van der Waals surface area contributed by atoms with Gasteiger partial charge in [0.25, 0.3) is 0 Å². The SMILES string of the molecule is CCc1nc(/C=N/O)cs1. The molecule has 1 aromatic heterocycles. The van der Waals surface area contributed by atoms with Gasteiger partial charge in [-0.1, -0.05) is 12.1 Å². The fraction of sp³-hybridized carbons (Fsp3) is 0.333. The van der Waals surface area contributed by atoms with Crippen LogP contribution in [0, 0.1) is 0 Å². The van der Waals surface area contributed by atoms with Gasteiger partial charge in [-0.15, -0.1) is 11.3 Å². The molecule has 1 N–H and O–H groups in total. The van der Waals surface area contributed by atoms with Crippen LogP contribution in [0.15, 0.2) is 10.5 Å². The van der Waals surface area contributed by atoms with Gasteiger partial charge < -0.3 is 5.21 Å². The summed E-state index contributed by atoms with van der Waals surface area (Å²) in [6, 6.07) is 0. The van der Waals surface area contributed by atoms with Gasteiger partial charge in [-0.3, -0.25) is 0 Å². The maximum absolute atomic E-state index is 8.14. The van der Waals surface area contributed by atoms with Crippen molar-refractivity contribution in [2.45, 2.75) is 13.3 Å². The van der Waals surface area contributed by atoms with Crippen LogP contribution in [0.1, 0.15) is 17.6 Å². The minimum absolute atomic E-state index is 0.726. The van der Waals surface area contributed by atoms with E-state index in [2.05, 4.69) is 10.1 Å². The van der Waals surface area contributed by atoms with E-state index < -0.39 is 0 Å². The Labute approximate surface area is 63.0 Å². The van der Waals surface area contributed by atoms with Crippen molar-refractivity contribution in [2.24, 2.45) is 5.16 Å². The van der Waals surface area contributed by atoms with Gasteiger partial charge in [-0.2, -0.15) is 0 Å². The van der Waals surface area contributed by atoms with Crippen LogP contribution in [-0.2, 0) is 6.42 Å². The molecule has 54 valence electrons. The lowest BCUT2D eigenvalue weighted by molar-refractivity contribution is 0.321. The molecular formula is C6H8N2OS. The van der Waals surface area contributed by atoms with Crippen LogP contribution >= 0.6 is 11.3 Å². The van der Waals surface area contributed by atoms with Crippen LogP contribution in [0.2, 0.25) is 0 Å². The molecule has 0 aliphatic carbocycles. The second kappa shape index (κ2) is 3.31. The fourth-order valence-electron chi connectivity index (χ4n) is 0.606. The van der Waals surface area contributed by atoms with E-state index in [-0.39, 0.29) is 0 Å². The molecule has 1 heterocycles. The Morgan fingerprint density at radius 1 is 1.90 bits per heavy atom. The summed E-state index contributed by atoms with van der Waals surface area (Å²) >= 11 is 1.58. The lowest BCUT2D eigenvalue weighted by Crippen LogP contribution is -1.81. The second-order valence-electron chi connectivity index (χ2n) is 1.76. The van der Waals surface area contributed by atoms with Crippen molar-refractivity contribution < 1.29 is 5.21 Å². The molecule has 0 unspecified atom stereocenters. The number of thiazole rings is 1. The lowest BCUT2D eigenvalue weighted by atomic mass is 10.5. The predicted molar refractivity (Wildman–Crippen MR) is 40.9 cm³/mol. The summed E-state index contributed by atoms with van der Waals surface area (Å²) in [5.74, 6) is 0.